The van der Waals surface area contributed by atoms with Gasteiger partial charge in [0.15, 0.2) is 0 Å². The number of hydrogen-bond donors (Lipinski definition) is 3. The summed E-state index contributed by atoms with van der Waals surface area (Å²) in [6, 6.07) is 7.88. The first-order valence-electron chi connectivity index (χ1n) is 6.13. The Labute approximate surface area is 102 Å². The molecule has 0 aromatic heterocycles. The van der Waals surface area contributed by atoms with E-state index in [9.17, 15) is 4.79 Å². The molecule has 0 aliphatic carbocycles. The molecule has 0 radical (unpaired) electrons. The molecule has 1 aliphatic rings. The Kier molecular flexibility index (Phi) is 3.98. The first-order valence-corrected chi connectivity index (χ1v) is 6.13. The quantitative estimate of drug-likeness (QED) is 0.738. The predicted molar refractivity (Wildman–Crippen MR) is 69.1 cm³/mol. The van der Waals surface area contributed by atoms with Crippen LogP contribution in [0.3, 0.4) is 0 Å². The molecule has 1 fully saturated rings. The van der Waals surface area contributed by atoms with Gasteiger partial charge in [-0.2, -0.15) is 0 Å². The Hall–Kier alpha value is -1.55. The van der Waals surface area contributed by atoms with Gasteiger partial charge < -0.3 is 16.4 Å². The highest BCUT2D eigenvalue weighted by Crippen LogP contribution is 2.15. The van der Waals surface area contributed by atoms with Crippen molar-refractivity contribution in [1.29, 1.82) is 0 Å². The number of hydrogen-bond acceptors (Lipinski definition) is 3. The number of anilines is 1. The van der Waals surface area contributed by atoms with Gasteiger partial charge in [-0.3, -0.25) is 4.79 Å². The number of nitrogens with two attached hydrogens (primary N) is 1. The highest BCUT2D eigenvalue weighted by atomic mass is 16.1. The molecule has 1 unspecified atom stereocenters. The molecule has 1 amide bonds. The molecule has 92 valence electrons. The molecule has 0 bridgehead atoms. The molecule has 4 heteroatoms. The first kappa shape index (κ1) is 11.9. The molecule has 1 aromatic rings. The molecule has 1 heterocycles. The molecule has 1 atom stereocenters. The Morgan fingerprint density at radius 3 is 2.71 bits per heavy atom. The number of carbonyl (C=O) groups is 1. The molecule has 0 spiro atoms. The van der Waals surface area contributed by atoms with Gasteiger partial charge in [-0.1, -0.05) is 0 Å². The van der Waals surface area contributed by atoms with E-state index in [1.54, 1.807) is 12.1 Å². The summed E-state index contributed by atoms with van der Waals surface area (Å²) in [5.41, 5.74) is 6.81. The van der Waals surface area contributed by atoms with E-state index in [-0.39, 0.29) is 5.91 Å². The zero-order chi connectivity index (χ0) is 12.1. The normalized spacial score (nSPS) is 20.6. The van der Waals surface area contributed by atoms with Crippen LogP contribution in [-0.2, 0) is 0 Å². The molecule has 4 nitrogen and oxygen atoms in total. The van der Waals surface area contributed by atoms with E-state index in [2.05, 4.69) is 10.6 Å². The maximum absolute atomic E-state index is 10.9. The average molecular weight is 233 g/mol. The molecule has 1 saturated heterocycles. The summed E-state index contributed by atoms with van der Waals surface area (Å²) in [5.74, 6) is -0.379. The molecule has 17 heavy (non-hydrogen) atoms. The fraction of sp³-hybridized carbons (Fsp3) is 0.462. The summed E-state index contributed by atoms with van der Waals surface area (Å²) in [6.45, 7) is 2.18. The maximum Gasteiger partial charge on any atom is 0.248 e. The summed E-state index contributed by atoms with van der Waals surface area (Å²) in [7, 11) is 0. The van der Waals surface area contributed by atoms with Gasteiger partial charge in [0.25, 0.3) is 0 Å². The second-order valence-corrected chi connectivity index (χ2v) is 4.46. The van der Waals surface area contributed by atoms with Crippen LogP contribution in [-0.4, -0.2) is 25.0 Å². The minimum atomic E-state index is -0.379. The van der Waals surface area contributed by atoms with Crippen molar-refractivity contribution in [3.8, 4) is 0 Å². The SMILES string of the molecule is NC(=O)c1ccc(NC2CCCNCC2)cc1. The lowest BCUT2D eigenvalue weighted by Crippen LogP contribution is -2.21. The Balaban J connectivity index is 1.95. The van der Waals surface area contributed by atoms with Gasteiger partial charge in [0.05, 0.1) is 0 Å². The highest BCUT2D eigenvalue weighted by Gasteiger charge is 2.11. The average Bonchev–Trinajstić information content (AvgIpc) is 2.58. The standard InChI is InChI=1S/C13H19N3O/c14-13(17)10-3-5-12(6-4-10)16-11-2-1-8-15-9-7-11/h3-6,11,15-16H,1-2,7-9H2,(H2,14,17). The van der Waals surface area contributed by atoms with Crippen LogP contribution in [0.25, 0.3) is 0 Å². The van der Waals surface area contributed by atoms with Gasteiger partial charge in [0.1, 0.15) is 0 Å². The van der Waals surface area contributed by atoms with E-state index in [0.29, 0.717) is 11.6 Å². The van der Waals surface area contributed by atoms with Crippen molar-refractivity contribution in [2.75, 3.05) is 18.4 Å². The van der Waals surface area contributed by atoms with Crippen LogP contribution < -0.4 is 16.4 Å². The smallest absolute Gasteiger partial charge is 0.248 e. The molecule has 4 N–H and O–H groups in total. The van der Waals surface area contributed by atoms with Gasteiger partial charge in [0, 0.05) is 17.3 Å². The van der Waals surface area contributed by atoms with E-state index in [1.807, 2.05) is 12.1 Å². The van der Waals surface area contributed by atoms with Crippen LogP contribution in [0.4, 0.5) is 5.69 Å². The van der Waals surface area contributed by atoms with Crippen molar-refractivity contribution >= 4 is 11.6 Å². The fourth-order valence-corrected chi connectivity index (χ4v) is 2.13. The van der Waals surface area contributed by atoms with Crippen molar-refractivity contribution in [2.24, 2.45) is 5.73 Å². The van der Waals surface area contributed by atoms with E-state index in [1.165, 1.54) is 12.8 Å². The number of amides is 1. The lowest BCUT2D eigenvalue weighted by molar-refractivity contribution is 0.100. The van der Waals surface area contributed by atoms with Gasteiger partial charge in [-0.25, -0.2) is 0 Å². The van der Waals surface area contributed by atoms with Gasteiger partial charge in [0.2, 0.25) is 5.91 Å². The van der Waals surface area contributed by atoms with Gasteiger partial charge in [-0.15, -0.1) is 0 Å². The van der Waals surface area contributed by atoms with Crippen molar-refractivity contribution in [2.45, 2.75) is 25.3 Å². The van der Waals surface area contributed by atoms with Crippen LogP contribution >= 0.6 is 0 Å². The third-order valence-electron chi connectivity index (χ3n) is 3.12. The lowest BCUT2D eigenvalue weighted by Gasteiger charge is -2.17. The minimum Gasteiger partial charge on any atom is -0.382 e. The van der Waals surface area contributed by atoms with E-state index in [0.717, 1.165) is 25.2 Å². The maximum atomic E-state index is 10.9. The Morgan fingerprint density at radius 2 is 2.00 bits per heavy atom. The monoisotopic (exact) mass is 233 g/mol. The highest BCUT2D eigenvalue weighted by molar-refractivity contribution is 5.93. The molecular formula is C13H19N3O. The van der Waals surface area contributed by atoms with Crippen molar-refractivity contribution < 1.29 is 4.79 Å². The topological polar surface area (TPSA) is 67.2 Å². The fourth-order valence-electron chi connectivity index (χ4n) is 2.13. The number of primary amides is 1. The number of nitrogens with one attached hydrogen (secondary N) is 2. The predicted octanol–water partition coefficient (Wildman–Crippen LogP) is 1.34. The summed E-state index contributed by atoms with van der Waals surface area (Å²) < 4.78 is 0. The summed E-state index contributed by atoms with van der Waals surface area (Å²) in [4.78, 5) is 10.9. The second-order valence-electron chi connectivity index (χ2n) is 4.46. The molecule has 1 aliphatic heterocycles. The number of carbonyl (C=O) groups excluding carboxylic acids is 1. The lowest BCUT2D eigenvalue weighted by atomic mass is 10.1. The first-order chi connectivity index (χ1) is 8.25. The van der Waals surface area contributed by atoms with E-state index in [4.69, 9.17) is 5.73 Å². The molecule has 0 saturated carbocycles. The minimum absolute atomic E-state index is 0.379. The number of benzene rings is 1. The molecule has 2 rings (SSSR count). The van der Waals surface area contributed by atoms with E-state index < -0.39 is 0 Å². The van der Waals surface area contributed by atoms with E-state index >= 15 is 0 Å². The van der Waals surface area contributed by atoms with Crippen molar-refractivity contribution in [3.63, 3.8) is 0 Å². The second kappa shape index (κ2) is 5.68. The zero-order valence-corrected chi connectivity index (χ0v) is 9.91. The zero-order valence-electron chi connectivity index (χ0n) is 9.91. The van der Waals surface area contributed by atoms with Crippen LogP contribution in [0, 0.1) is 0 Å². The summed E-state index contributed by atoms with van der Waals surface area (Å²) in [5, 5.41) is 6.88. The molecular weight excluding hydrogens is 214 g/mol. The van der Waals surface area contributed by atoms with Gasteiger partial charge >= 0.3 is 0 Å². The largest absolute Gasteiger partial charge is 0.382 e. The van der Waals surface area contributed by atoms with Crippen LogP contribution in [0.1, 0.15) is 29.6 Å². The summed E-state index contributed by atoms with van der Waals surface area (Å²) >= 11 is 0. The number of rotatable bonds is 3. The van der Waals surface area contributed by atoms with Crippen LogP contribution in [0.2, 0.25) is 0 Å². The third-order valence-corrected chi connectivity index (χ3v) is 3.12. The third kappa shape index (κ3) is 3.46. The summed E-state index contributed by atoms with van der Waals surface area (Å²) in [6.07, 6.45) is 3.53. The Morgan fingerprint density at radius 1 is 1.24 bits per heavy atom. The van der Waals surface area contributed by atoms with Crippen molar-refractivity contribution in [1.82, 2.24) is 5.32 Å². The van der Waals surface area contributed by atoms with Crippen LogP contribution in [0.15, 0.2) is 24.3 Å². The van der Waals surface area contributed by atoms with Crippen molar-refractivity contribution in [3.05, 3.63) is 29.8 Å². The Bertz CT molecular complexity index is 367. The van der Waals surface area contributed by atoms with Crippen LogP contribution in [0.5, 0.6) is 0 Å². The molecule has 1 aromatic carbocycles. The van der Waals surface area contributed by atoms with Gasteiger partial charge in [-0.05, 0) is 56.6 Å².